The van der Waals surface area contributed by atoms with Crippen LogP contribution in [0.4, 0.5) is 0 Å². The summed E-state index contributed by atoms with van der Waals surface area (Å²) in [6.45, 7) is 5.11. The van der Waals surface area contributed by atoms with Gasteiger partial charge in [-0.3, -0.25) is 0 Å². The number of hydrogen-bond donors (Lipinski definition) is 1. The van der Waals surface area contributed by atoms with Gasteiger partial charge in [-0.05, 0) is 42.2 Å². The van der Waals surface area contributed by atoms with Gasteiger partial charge < -0.3 is 15.0 Å². The molecule has 1 aromatic heterocycles. The Hall–Kier alpha value is -2.33. The van der Waals surface area contributed by atoms with E-state index in [1.807, 2.05) is 30.3 Å². The molecule has 2 aromatic carbocycles. The quantitative estimate of drug-likeness (QED) is 0.742. The number of imidazole rings is 1. The van der Waals surface area contributed by atoms with Crippen LogP contribution in [-0.2, 0) is 6.54 Å². The molecule has 0 amide bonds. The minimum absolute atomic E-state index is 0.0667. The lowest BCUT2D eigenvalue weighted by molar-refractivity contribution is 0.414. The molecule has 126 valence electrons. The smallest absolute Gasteiger partial charge is 0.127 e. The first kappa shape index (κ1) is 16.5. The van der Waals surface area contributed by atoms with Gasteiger partial charge in [0.1, 0.15) is 11.6 Å². The van der Waals surface area contributed by atoms with Gasteiger partial charge in [0.05, 0.1) is 24.2 Å². The van der Waals surface area contributed by atoms with Crippen LogP contribution in [0, 0.1) is 5.92 Å². The van der Waals surface area contributed by atoms with Crippen LogP contribution in [-0.4, -0.2) is 16.7 Å². The second-order valence-electron chi connectivity index (χ2n) is 6.63. The first-order chi connectivity index (χ1) is 11.6. The van der Waals surface area contributed by atoms with Crippen molar-refractivity contribution in [3.63, 3.8) is 0 Å². The molecule has 0 spiro atoms. The fourth-order valence-electron chi connectivity index (χ4n) is 3.11. The lowest BCUT2D eigenvalue weighted by Crippen LogP contribution is -2.19. The van der Waals surface area contributed by atoms with Crippen molar-refractivity contribution in [1.29, 1.82) is 0 Å². The third-order valence-electron chi connectivity index (χ3n) is 4.22. The van der Waals surface area contributed by atoms with E-state index in [0.717, 1.165) is 35.6 Å². The summed E-state index contributed by atoms with van der Waals surface area (Å²) in [5.41, 5.74) is 9.75. The predicted octanol–water partition coefficient (Wildman–Crippen LogP) is 4.14. The van der Waals surface area contributed by atoms with E-state index >= 15 is 0 Å². The molecule has 0 aliphatic heterocycles. The van der Waals surface area contributed by atoms with Crippen LogP contribution < -0.4 is 10.5 Å². The Labute approximate surface area is 143 Å². The van der Waals surface area contributed by atoms with Crippen LogP contribution in [0.15, 0.2) is 48.5 Å². The van der Waals surface area contributed by atoms with E-state index in [4.69, 9.17) is 15.5 Å². The van der Waals surface area contributed by atoms with Gasteiger partial charge in [0, 0.05) is 6.54 Å². The highest BCUT2D eigenvalue weighted by atomic mass is 16.5. The van der Waals surface area contributed by atoms with Crippen LogP contribution in [0.5, 0.6) is 5.75 Å². The summed E-state index contributed by atoms with van der Waals surface area (Å²) in [5.74, 6) is 2.35. The third-order valence-corrected chi connectivity index (χ3v) is 4.22. The average Bonchev–Trinajstić information content (AvgIpc) is 2.93. The molecule has 1 atom stereocenters. The number of hydrogen-bond acceptors (Lipinski definition) is 3. The van der Waals surface area contributed by atoms with E-state index in [-0.39, 0.29) is 6.04 Å². The van der Waals surface area contributed by atoms with E-state index < -0.39 is 0 Å². The number of ether oxygens (including phenoxy) is 1. The zero-order valence-electron chi connectivity index (χ0n) is 14.6. The fraction of sp³-hybridized carbons (Fsp3) is 0.350. The third kappa shape index (κ3) is 3.44. The molecule has 0 saturated carbocycles. The summed E-state index contributed by atoms with van der Waals surface area (Å²) in [7, 11) is 1.69. The van der Waals surface area contributed by atoms with Gasteiger partial charge in [-0.1, -0.05) is 38.1 Å². The lowest BCUT2D eigenvalue weighted by Gasteiger charge is -2.17. The summed E-state index contributed by atoms with van der Waals surface area (Å²) in [6, 6.07) is 16.3. The Morgan fingerprint density at radius 1 is 1.12 bits per heavy atom. The molecule has 2 N–H and O–H groups in total. The number of rotatable bonds is 6. The van der Waals surface area contributed by atoms with Gasteiger partial charge in [-0.15, -0.1) is 0 Å². The summed E-state index contributed by atoms with van der Waals surface area (Å²) >= 11 is 0. The van der Waals surface area contributed by atoms with E-state index in [1.165, 1.54) is 5.56 Å². The normalized spacial score (nSPS) is 12.7. The Morgan fingerprint density at radius 3 is 2.67 bits per heavy atom. The molecule has 0 saturated heterocycles. The molecule has 4 nitrogen and oxygen atoms in total. The van der Waals surface area contributed by atoms with Crippen molar-refractivity contribution in [1.82, 2.24) is 9.55 Å². The first-order valence-corrected chi connectivity index (χ1v) is 8.42. The summed E-state index contributed by atoms with van der Waals surface area (Å²) in [6.07, 6.45) is 0.918. The van der Waals surface area contributed by atoms with Crippen molar-refractivity contribution in [2.75, 3.05) is 7.11 Å². The van der Waals surface area contributed by atoms with E-state index in [2.05, 4.69) is 36.6 Å². The molecule has 0 radical (unpaired) electrons. The highest BCUT2D eigenvalue weighted by Crippen LogP contribution is 2.25. The molecular weight excluding hydrogens is 298 g/mol. The number of benzene rings is 2. The van der Waals surface area contributed by atoms with Crippen LogP contribution in [0.25, 0.3) is 11.0 Å². The molecule has 24 heavy (non-hydrogen) atoms. The van der Waals surface area contributed by atoms with E-state index in [1.54, 1.807) is 7.11 Å². The van der Waals surface area contributed by atoms with Gasteiger partial charge in [0.2, 0.25) is 0 Å². The topological polar surface area (TPSA) is 53.1 Å². The van der Waals surface area contributed by atoms with Crippen molar-refractivity contribution < 1.29 is 4.74 Å². The summed E-state index contributed by atoms with van der Waals surface area (Å²) in [5, 5.41) is 0. The summed E-state index contributed by atoms with van der Waals surface area (Å²) < 4.78 is 7.58. The summed E-state index contributed by atoms with van der Waals surface area (Å²) in [4.78, 5) is 4.81. The predicted molar refractivity (Wildman–Crippen MR) is 98.2 cm³/mol. The monoisotopic (exact) mass is 323 g/mol. The zero-order chi connectivity index (χ0) is 17.1. The Bertz CT molecular complexity index is 823. The van der Waals surface area contributed by atoms with Crippen LogP contribution in [0.3, 0.4) is 0 Å². The number of para-hydroxylation sites is 2. The minimum atomic E-state index is -0.0667. The maximum Gasteiger partial charge on any atom is 0.127 e. The molecule has 0 aliphatic carbocycles. The van der Waals surface area contributed by atoms with Crippen molar-refractivity contribution in [3.05, 3.63) is 59.9 Å². The lowest BCUT2D eigenvalue weighted by atomic mass is 10.0. The molecule has 0 bridgehead atoms. The minimum Gasteiger partial charge on any atom is -0.497 e. The van der Waals surface area contributed by atoms with Gasteiger partial charge in [-0.2, -0.15) is 0 Å². The zero-order valence-corrected chi connectivity index (χ0v) is 14.6. The Balaban J connectivity index is 2.03. The Morgan fingerprint density at radius 2 is 1.92 bits per heavy atom. The SMILES string of the molecule is COc1cccc(Cn2c([C@@H](N)CC(C)C)nc3ccccc32)c1. The van der Waals surface area contributed by atoms with Crippen LogP contribution in [0.2, 0.25) is 0 Å². The molecule has 0 aliphatic rings. The van der Waals surface area contributed by atoms with Crippen LogP contribution >= 0.6 is 0 Å². The maximum atomic E-state index is 6.46. The average molecular weight is 323 g/mol. The second kappa shape index (κ2) is 7.05. The largest absolute Gasteiger partial charge is 0.497 e. The molecule has 1 heterocycles. The standard InChI is InChI=1S/C20H25N3O/c1-14(2)11-17(21)20-22-18-9-4-5-10-19(18)23(20)13-15-7-6-8-16(12-15)24-3/h4-10,12,14,17H,11,13,21H2,1-3H3/t17-/m0/s1. The number of methoxy groups -OCH3 is 1. The molecule has 3 aromatic rings. The molecule has 0 unspecified atom stereocenters. The number of nitrogens with two attached hydrogens (primary N) is 1. The highest BCUT2D eigenvalue weighted by molar-refractivity contribution is 5.76. The molecule has 3 rings (SSSR count). The second-order valence-corrected chi connectivity index (χ2v) is 6.63. The Kier molecular flexibility index (Phi) is 4.86. The van der Waals surface area contributed by atoms with Crippen molar-refractivity contribution in [2.24, 2.45) is 11.7 Å². The maximum absolute atomic E-state index is 6.46. The molecule has 0 fully saturated rings. The molecular formula is C20H25N3O. The van der Waals surface area contributed by atoms with Crippen molar-refractivity contribution >= 4 is 11.0 Å². The number of nitrogens with zero attached hydrogens (tertiary/aromatic N) is 2. The number of aromatic nitrogens is 2. The van der Waals surface area contributed by atoms with Gasteiger partial charge in [0.25, 0.3) is 0 Å². The van der Waals surface area contributed by atoms with Gasteiger partial charge >= 0.3 is 0 Å². The first-order valence-electron chi connectivity index (χ1n) is 8.42. The van der Waals surface area contributed by atoms with Crippen molar-refractivity contribution in [2.45, 2.75) is 32.9 Å². The van der Waals surface area contributed by atoms with E-state index in [9.17, 15) is 0 Å². The highest BCUT2D eigenvalue weighted by Gasteiger charge is 2.18. The van der Waals surface area contributed by atoms with Gasteiger partial charge in [0.15, 0.2) is 0 Å². The van der Waals surface area contributed by atoms with Crippen molar-refractivity contribution in [3.8, 4) is 5.75 Å². The van der Waals surface area contributed by atoms with E-state index in [0.29, 0.717) is 5.92 Å². The fourth-order valence-corrected chi connectivity index (χ4v) is 3.11. The van der Waals surface area contributed by atoms with Crippen LogP contribution in [0.1, 0.15) is 37.7 Å². The molecule has 4 heteroatoms. The van der Waals surface area contributed by atoms with Gasteiger partial charge in [-0.25, -0.2) is 4.98 Å². The number of fused-ring (bicyclic) bond motifs is 1.